The van der Waals surface area contributed by atoms with Gasteiger partial charge in [0.15, 0.2) is 5.43 Å². The molecule has 0 bridgehead atoms. The number of carbonyl (C=O) groups excluding carboxylic acids is 1. The predicted octanol–water partition coefficient (Wildman–Crippen LogP) is 4.64. The summed E-state index contributed by atoms with van der Waals surface area (Å²) in [5, 5.41) is 3.97. The van der Waals surface area contributed by atoms with Crippen LogP contribution in [0.5, 0.6) is 0 Å². The fraction of sp³-hybridized carbons (Fsp3) is 0.238. The number of anilines is 1. The Morgan fingerprint density at radius 1 is 1.12 bits per heavy atom. The van der Waals surface area contributed by atoms with E-state index in [2.05, 4.69) is 12.2 Å². The van der Waals surface area contributed by atoms with E-state index in [-0.39, 0.29) is 17.9 Å². The number of pyridine rings is 1. The second-order valence-corrected chi connectivity index (χ2v) is 6.75. The van der Waals surface area contributed by atoms with Crippen LogP contribution in [0.15, 0.2) is 59.5 Å². The Balaban J connectivity index is 1.74. The molecule has 26 heavy (non-hydrogen) atoms. The Hall–Kier alpha value is -2.59. The topological polar surface area (TPSA) is 51.1 Å². The second kappa shape index (κ2) is 8.19. The molecule has 3 rings (SSSR count). The number of aryl methyl sites for hydroxylation is 1. The average molecular weight is 369 g/mol. The number of carbonyl (C=O) groups is 1. The molecule has 0 fully saturated rings. The molecule has 134 valence electrons. The first-order valence-corrected chi connectivity index (χ1v) is 9.12. The van der Waals surface area contributed by atoms with E-state index in [9.17, 15) is 9.59 Å². The number of amides is 1. The maximum absolute atomic E-state index is 12.4. The minimum absolute atomic E-state index is 0.0870. The summed E-state index contributed by atoms with van der Waals surface area (Å²) in [6, 6.07) is 14.4. The van der Waals surface area contributed by atoms with Crippen molar-refractivity contribution < 1.29 is 4.79 Å². The zero-order chi connectivity index (χ0) is 18.5. The molecule has 1 heterocycles. The van der Waals surface area contributed by atoms with Gasteiger partial charge >= 0.3 is 0 Å². The van der Waals surface area contributed by atoms with Crippen molar-refractivity contribution in [1.82, 2.24) is 4.57 Å². The van der Waals surface area contributed by atoms with Crippen molar-refractivity contribution in [3.05, 3.63) is 75.5 Å². The number of nitrogens with one attached hydrogen (secondary N) is 1. The Kier molecular flexibility index (Phi) is 5.74. The summed E-state index contributed by atoms with van der Waals surface area (Å²) in [5.41, 5.74) is 2.59. The van der Waals surface area contributed by atoms with E-state index in [0.717, 1.165) is 24.9 Å². The largest absolute Gasteiger partial charge is 0.338 e. The van der Waals surface area contributed by atoms with E-state index in [1.54, 1.807) is 29.0 Å². The first-order chi connectivity index (χ1) is 12.6. The zero-order valence-corrected chi connectivity index (χ0v) is 15.4. The summed E-state index contributed by atoms with van der Waals surface area (Å²) in [4.78, 5) is 24.4. The van der Waals surface area contributed by atoms with Crippen molar-refractivity contribution >= 4 is 34.1 Å². The molecule has 0 saturated carbocycles. The minimum atomic E-state index is -0.156. The second-order valence-electron chi connectivity index (χ2n) is 6.32. The number of hydrogen-bond acceptors (Lipinski definition) is 2. The lowest BCUT2D eigenvalue weighted by molar-refractivity contribution is -0.116. The quantitative estimate of drug-likeness (QED) is 0.689. The van der Waals surface area contributed by atoms with Gasteiger partial charge in [0.25, 0.3) is 0 Å². The highest BCUT2D eigenvalue weighted by atomic mass is 35.5. The van der Waals surface area contributed by atoms with Gasteiger partial charge in [-0.3, -0.25) is 9.59 Å². The summed E-state index contributed by atoms with van der Waals surface area (Å²) in [6.45, 7) is 2.28. The molecule has 4 nitrogen and oxygen atoms in total. The molecule has 0 atom stereocenters. The van der Waals surface area contributed by atoms with Crippen molar-refractivity contribution in [3.63, 3.8) is 0 Å². The Morgan fingerprint density at radius 2 is 1.88 bits per heavy atom. The molecule has 0 aliphatic carbocycles. The van der Waals surface area contributed by atoms with Crippen molar-refractivity contribution in [1.29, 1.82) is 0 Å². The molecule has 0 aliphatic heterocycles. The highest BCUT2D eigenvalue weighted by Crippen LogP contribution is 2.17. The third-order valence-corrected chi connectivity index (χ3v) is 4.55. The minimum Gasteiger partial charge on any atom is -0.338 e. The maximum atomic E-state index is 12.4. The Morgan fingerprint density at radius 3 is 2.62 bits per heavy atom. The monoisotopic (exact) mass is 368 g/mol. The predicted molar refractivity (Wildman–Crippen MR) is 107 cm³/mol. The van der Waals surface area contributed by atoms with Crippen molar-refractivity contribution in [2.75, 3.05) is 5.32 Å². The summed E-state index contributed by atoms with van der Waals surface area (Å²) in [7, 11) is 0. The number of hydrogen-bond donors (Lipinski definition) is 1. The SMILES string of the molecule is CCCCc1ccc(NC(=O)Cn2ccc(=O)c3ccc(Cl)cc32)cc1. The molecule has 0 spiro atoms. The standard InChI is InChI=1S/C21H21ClN2O2/c1-2-3-4-15-5-8-17(9-6-15)23-21(26)14-24-12-11-20(25)18-10-7-16(22)13-19(18)24/h5-13H,2-4,14H2,1H3,(H,23,26). The molecule has 5 heteroatoms. The van der Waals surface area contributed by atoms with Crippen LogP contribution in [0.1, 0.15) is 25.3 Å². The molecular formula is C21H21ClN2O2. The van der Waals surface area contributed by atoms with Crippen molar-refractivity contribution in [3.8, 4) is 0 Å². The van der Waals surface area contributed by atoms with E-state index < -0.39 is 0 Å². The number of unbranched alkanes of at least 4 members (excludes halogenated alkanes) is 1. The van der Waals surface area contributed by atoms with Gasteiger partial charge in [-0.25, -0.2) is 0 Å². The van der Waals surface area contributed by atoms with Crippen LogP contribution in [0.2, 0.25) is 5.02 Å². The lowest BCUT2D eigenvalue weighted by Gasteiger charge is -2.12. The highest BCUT2D eigenvalue weighted by Gasteiger charge is 2.08. The lowest BCUT2D eigenvalue weighted by Crippen LogP contribution is -2.20. The Bertz CT molecular complexity index is 977. The van der Waals surface area contributed by atoms with Crippen LogP contribution in [-0.4, -0.2) is 10.5 Å². The summed E-state index contributed by atoms with van der Waals surface area (Å²) >= 11 is 6.04. The van der Waals surface area contributed by atoms with Crippen LogP contribution < -0.4 is 10.7 Å². The highest BCUT2D eigenvalue weighted by molar-refractivity contribution is 6.31. The van der Waals surface area contributed by atoms with Crippen LogP contribution in [0.3, 0.4) is 0 Å². The maximum Gasteiger partial charge on any atom is 0.244 e. The third-order valence-electron chi connectivity index (χ3n) is 4.31. The van der Waals surface area contributed by atoms with E-state index in [1.807, 2.05) is 24.3 Å². The van der Waals surface area contributed by atoms with Gasteiger partial charge in [0, 0.05) is 28.4 Å². The first kappa shape index (κ1) is 18.2. The number of halogens is 1. The number of fused-ring (bicyclic) bond motifs is 1. The molecule has 1 amide bonds. The van der Waals surface area contributed by atoms with E-state index in [0.29, 0.717) is 15.9 Å². The average Bonchev–Trinajstić information content (AvgIpc) is 2.63. The normalized spacial score (nSPS) is 10.8. The van der Waals surface area contributed by atoms with Gasteiger partial charge in [-0.15, -0.1) is 0 Å². The molecular weight excluding hydrogens is 348 g/mol. The molecule has 0 radical (unpaired) electrons. The first-order valence-electron chi connectivity index (χ1n) is 8.74. The molecule has 1 aromatic heterocycles. The summed E-state index contributed by atoms with van der Waals surface area (Å²) in [6.07, 6.45) is 4.99. The zero-order valence-electron chi connectivity index (χ0n) is 14.7. The van der Waals surface area contributed by atoms with Gasteiger partial charge in [0.05, 0.1) is 5.52 Å². The fourth-order valence-electron chi connectivity index (χ4n) is 2.91. The van der Waals surface area contributed by atoms with E-state index in [4.69, 9.17) is 11.6 Å². The molecule has 3 aromatic rings. The van der Waals surface area contributed by atoms with Gasteiger partial charge in [-0.05, 0) is 48.7 Å². The third kappa shape index (κ3) is 4.33. The van der Waals surface area contributed by atoms with Gasteiger partial charge in [-0.1, -0.05) is 37.1 Å². The summed E-state index contributed by atoms with van der Waals surface area (Å²) in [5.74, 6) is -0.156. The summed E-state index contributed by atoms with van der Waals surface area (Å²) < 4.78 is 1.73. The van der Waals surface area contributed by atoms with Crippen LogP contribution >= 0.6 is 11.6 Å². The van der Waals surface area contributed by atoms with Crippen LogP contribution in [0.4, 0.5) is 5.69 Å². The smallest absolute Gasteiger partial charge is 0.244 e. The van der Waals surface area contributed by atoms with Gasteiger partial charge in [-0.2, -0.15) is 0 Å². The molecule has 2 aromatic carbocycles. The lowest BCUT2D eigenvalue weighted by atomic mass is 10.1. The fourth-order valence-corrected chi connectivity index (χ4v) is 3.07. The van der Waals surface area contributed by atoms with Crippen LogP contribution in [-0.2, 0) is 17.8 Å². The van der Waals surface area contributed by atoms with Gasteiger partial charge < -0.3 is 9.88 Å². The number of benzene rings is 2. The Labute approximate surface area is 157 Å². The number of aromatic nitrogens is 1. The van der Waals surface area contributed by atoms with Gasteiger partial charge in [0.1, 0.15) is 6.54 Å². The molecule has 1 N–H and O–H groups in total. The molecule has 0 saturated heterocycles. The van der Waals surface area contributed by atoms with E-state index >= 15 is 0 Å². The van der Waals surface area contributed by atoms with Crippen LogP contribution in [0, 0.1) is 0 Å². The molecule has 0 aliphatic rings. The van der Waals surface area contributed by atoms with Crippen molar-refractivity contribution in [2.24, 2.45) is 0 Å². The molecule has 0 unspecified atom stereocenters. The van der Waals surface area contributed by atoms with Gasteiger partial charge in [0.2, 0.25) is 5.91 Å². The van der Waals surface area contributed by atoms with Crippen molar-refractivity contribution in [2.45, 2.75) is 32.7 Å². The van der Waals surface area contributed by atoms with Crippen LogP contribution in [0.25, 0.3) is 10.9 Å². The van der Waals surface area contributed by atoms with E-state index in [1.165, 1.54) is 11.6 Å². The number of nitrogens with zero attached hydrogens (tertiary/aromatic N) is 1. The number of rotatable bonds is 6.